The van der Waals surface area contributed by atoms with Gasteiger partial charge in [-0.3, -0.25) is 0 Å². The van der Waals surface area contributed by atoms with E-state index >= 15 is 0 Å². The molecule has 2 aromatic carbocycles. The lowest BCUT2D eigenvalue weighted by molar-refractivity contribution is 0.412. The van der Waals surface area contributed by atoms with Crippen molar-refractivity contribution >= 4 is 38.6 Å². The number of methoxy groups -OCH3 is 1. The fraction of sp³-hybridized carbons (Fsp3) is 0.111. The molecule has 0 N–H and O–H groups in total. The van der Waals surface area contributed by atoms with Crippen LogP contribution in [-0.4, -0.2) is 16.7 Å². The minimum atomic E-state index is 0.515. The predicted octanol–water partition coefficient (Wildman–Crippen LogP) is 4.41. The Morgan fingerprint density at radius 3 is 2.74 bits per heavy atom. The van der Waals surface area contributed by atoms with Gasteiger partial charge in [0.15, 0.2) is 5.82 Å². The van der Waals surface area contributed by atoms with Gasteiger partial charge in [-0.05, 0) is 51.8 Å². The Balaban J connectivity index is 2.10. The molecule has 0 aliphatic carbocycles. The zero-order chi connectivity index (χ0) is 16.4. The van der Waals surface area contributed by atoms with Gasteiger partial charge in [0, 0.05) is 7.05 Å². The van der Waals surface area contributed by atoms with Crippen molar-refractivity contribution in [2.45, 2.75) is 0 Å². The van der Waals surface area contributed by atoms with E-state index in [1.807, 2.05) is 60.2 Å². The number of benzene rings is 2. The SMILES string of the molecule is COc1ccc(C=C(C#N)c2nc3ccccc3n2C)cc1Br. The second kappa shape index (κ2) is 6.27. The molecule has 0 unspecified atom stereocenters. The van der Waals surface area contributed by atoms with E-state index < -0.39 is 0 Å². The van der Waals surface area contributed by atoms with E-state index in [-0.39, 0.29) is 0 Å². The van der Waals surface area contributed by atoms with Crippen LogP contribution in [0, 0.1) is 11.3 Å². The molecule has 0 amide bonds. The molecule has 0 saturated carbocycles. The van der Waals surface area contributed by atoms with Gasteiger partial charge in [0.05, 0.1) is 28.2 Å². The molecule has 0 radical (unpaired) electrons. The van der Waals surface area contributed by atoms with E-state index in [1.165, 1.54) is 0 Å². The van der Waals surface area contributed by atoms with Crippen LogP contribution in [0.1, 0.15) is 11.4 Å². The minimum absolute atomic E-state index is 0.515. The quantitative estimate of drug-likeness (QED) is 0.644. The number of hydrogen-bond acceptors (Lipinski definition) is 3. The maximum atomic E-state index is 9.55. The van der Waals surface area contributed by atoms with E-state index in [4.69, 9.17) is 4.74 Å². The number of nitrogens with zero attached hydrogens (tertiary/aromatic N) is 3. The fourth-order valence-corrected chi connectivity index (χ4v) is 3.03. The number of aromatic nitrogens is 2. The second-order valence-electron chi connectivity index (χ2n) is 5.05. The summed E-state index contributed by atoms with van der Waals surface area (Å²) in [6, 6.07) is 15.8. The van der Waals surface area contributed by atoms with Gasteiger partial charge >= 0.3 is 0 Å². The van der Waals surface area contributed by atoms with Crippen molar-refractivity contribution < 1.29 is 4.74 Å². The summed E-state index contributed by atoms with van der Waals surface area (Å²) < 4.78 is 8.00. The van der Waals surface area contributed by atoms with Gasteiger partial charge < -0.3 is 9.30 Å². The first-order chi connectivity index (χ1) is 11.1. The second-order valence-corrected chi connectivity index (χ2v) is 5.90. The number of imidazole rings is 1. The maximum Gasteiger partial charge on any atom is 0.151 e. The highest BCUT2D eigenvalue weighted by Crippen LogP contribution is 2.28. The Morgan fingerprint density at radius 2 is 2.09 bits per heavy atom. The van der Waals surface area contributed by atoms with Crippen LogP contribution in [0.5, 0.6) is 5.75 Å². The van der Waals surface area contributed by atoms with Crippen molar-refractivity contribution in [3.8, 4) is 11.8 Å². The zero-order valence-corrected chi connectivity index (χ0v) is 14.3. The molecule has 0 aliphatic rings. The lowest BCUT2D eigenvalue weighted by Gasteiger charge is -2.05. The number of halogens is 1. The fourth-order valence-electron chi connectivity index (χ4n) is 2.47. The van der Waals surface area contributed by atoms with E-state index in [0.717, 1.165) is 26.8 Å². The number of nitriles is 1. The van der Waals surface area contributed by atoms with Crippen LogP contribution >= 0.6 is 15.9 Å². The molecule has 0 spiro atoms. The standard InChI is InChI=1S/C18H14BrN3O/c1-22-16-6-4-3-5-15(16)21-18(22)13(11-20)9-12-7-8-17(23-2)14(19)10-12/h3-10H,1-2H3. The molecule has 5 heteroatoms. The van der Waals surface area contributed by atoms with Gasteiger partial charge in [-0.25, -0.2) is 4.98 Å². The van der Waals surface area contributed by atoms with Gasteiger partial charge in [0.2, 0.25) is 0 Å². The number of hydrogen-bond donors (Lipinski definition) is 0. The van der Waals surface area contributed by atoms with Gasteiger partial charge in [-0.2, -0.15) is 5.26 Å². The lowest BCUT2D eigenvalue weighted by atomic mass is 10.1. The molecule has 1 heterocycles. The third kappa shape index (κ3) is 2.86. The van der Waals surface area contributed by atoms with Gasteiger partial charge in [-0.15, -0.1) is 0 Å². The summed E-state index contributed by atoms with van der Waals surface area (Å²) in [7, 11) is 3.54. The Morgan fingerprint density at radius 1 is 1.30 bits per heavy atom. The molecule has 3 rings (SSSR count). The molecule has 1 aromatic heterocycles. The van der Waals surface area contributed by atoms with E-state index in [2.05, 4.69) is 27.0 Å². The topological polar surface area (TPSA) is 50.8 Å². The van der Waals surface area contributed by atoms with Crippen LogP contribution in [0.2, 0.25) is 0 Å². The van der Waals surface area contributed by atoms with Crippen molar-refractivity contribution in [3.63, 3.8) is 0 Å². The van der Waals surface area contributed by atoms with Crippen molar-refractivity contribution in [1.29, 1.82) is 5.26 Å². The van der Waals surface area contributed by atoms with Crippen molar-refractivity contribution in [2.24, 2.45) is 7.05 Å². The number of aryl methyl sites for hydroxylation is 1. The van der Waals surface area contributed by atoms with Crippen LogP contribution in [-0.2, 0) is 7.05 Å². The van der Waals surface area contributed by atoms with Crippen molar-refractivity contribution in [2.75, 3.05) is 7.11 Å². The average molecular weight is 368 g/mol. The summed E-state index contributed by atoms with van der Waals surface area (Å²) in [5, 5.41) is 9.55. The molecule has 0 fully saturated rings. The molecule has 4 nitrogen and oxygen atoms in total. The van der Waals surface area contributed by atoms with Crippen LogP contribution in [0.3, 0.4) is 0 Å². The van der Waals surface area contributed by atoms with Crippen LogP contribution in [0.25, 0.3) is 22.7 Å². The molecule has 0 saturated heterocycles. The van der Waals surface area contributed by atoms with Gasteiger partial charge in [-0.1, -0.05) is 18.2 Å². The summed E-state index contributed by atoms with van der Waals surface area (Å²) >= 11 is 3.46. The lowest BCUT2D eigenvalue weighted by Crippen LogP contribution is -1.96. The smallest absolute Gasteiger partial charge is 0.151 e. The Bertz CT molecular complexity index is 951. The predicted molar refractivity (Wildman–Crippen MR) is 94.9 cm³/mol. The number of rotatable bonds is 3. The highest BCUT2D eigenvalue weighted by molar-refractivity contribution is 9.10. The largest absolute Gasteiger partial charge is 0.496 e. The molecule has 0 bridgehead atoms. The summed E-state index contributed by atoms with van der Waals surface area (Å²) in [4.78, 5) is 4.57. The Hall–Kier alpha value is -2.58. The van der Waals surface area contributed by atoms with Crippen LogP contribution < -0.4 is 4.74 Å². The number of ether oxygens (including phenoxy) is 1. The summed E-state index contributed by atoms with van der Waals surface area (Å²) in [5.74, 6) is 1.41. The Labute approximate surface area is 142 Å². The summed E-state index contributed by atoms with van der Waals surface area (Å²) in [6.45, 7) is 0. The molecule has 114 valence electrons. The first-order valence-corrected chi connectivity index (χ1v) is 7.80. The third-order valence-corrected chi connectivity index (χ3v) is 4.26. The minimum Gasteiger partial charge on any atom is -0.496 e. The molecular weight excluding hydrogens is 354 g/mol. The monoisotopic (exact) mass is 367 g/mol. The van der Waals surface area contributed by atoms with Crippen molar-refractivity contribution in [1.82, 2.24) is 9.55 Å². The zero-order valence-electron chi connectivity index (χ0n) is 12.7. The van der Waals surface area contributed by atoms with Crippen LogP contribution in [0.4, 0.5) is 0 Å². The van der Waals surface area contributed by atoms with E-state index in [1.54, 1.807) is 7.11 Å². The van der Waals surface area contributed by atoms with Gasteiger partial charge in [0.1, 0.15) is 11.8 Å². The van der Waals surface area contributed by atoms with E-state index in [9.17, 15) is 5.26 Å². The average Bonchev–Trinajstić information content (AvgIpc) is 2.90. The number of para-hydroxylation sites is 2. The van der Waals surface area contributed by atoms with E-state index in [0.29, 0.717) is 11.4 Å². The van der Waals surface area contributed by atoms with Gasteiger partial charge in [0.25, 0.3) is 0 Å². The summed E-state index contributed by atoms with van der Waals surface area (Å²) in [5.41, 5.74) is 3.30. The normalized spacial score (nSPS) is 11.5. The Kier molecular flexibility index (Phi) is 4.18. The van der Waals surface area contributed by atoms with Crippen LogP contribution in [0.15, 0.2) is 46.9 Å². The molecule has 0 atom stereocenters. The highest BCUT2D eigenvalue weighted by Gasteiger charge is 2.12. The summed E-state index contributed by atoms with van der Waals surface area (Å²) in [6.07, 6.45) is 1.82. The molecule has 3 aromatic rings. The first-order valence-electron chi connectivity index (χ1n) is 7.01. The molecular formula is C18H14BrN3O. The molecule has 0 aliphatic heterocycles. The number of fused-ring (bicyclic) bond motifs is 1. The van der Waals surface area contributed by atoms with Crippen molar-refractivity contribution in [3.05, 3.63) is 58.3 Å². The number of allylic oxidation sites excluding steroid dienone is 1. The third-order valence-electron chi connectivity index (χ3n) is 3.64. The highest BCUT2D eigenvalue weighted by atomic mass is 79.9. The first kappa shape index (κ1) is 15.3. The molecule has 23 heavy (non-hydrogen) atoms. The maximum absolute atomic E-state index is 9.55.